The predicted molar refractivity (Wildman–Crippen MR) is 61.6 cm³/mol. The first kappa shape index (κ1) is 11.4. The fourth-order valence-corrected chi connectivity index (χ4v) is 1.02. The van der Waals surface area contributed by atoms with Crippen molar-refractivity contribution in [2.45, 2.75) is 20.4 Å². The molecule has 1 heterocycles. The first-order valence-electron chi connectivity index (χ1n) is 4.80. The molecule has 0 aliphatic rings. The van der Waals surface area contributed by atoms with Crippen molar-refractivity contribution < 1.29 is 4.42 Å². The molecule has 1 aromatic rings. The van der Waals surface area contributed by atoms with Gasteiger partial charge in [0.2, 0.25) is 0 Å². The van der Waals surface area contributed by atoms with Crippen LogP contribution in [0.2, 0.25) is 0 Å². The lowest BCUT2D eigenvalue weighted by atomic mass is 10.3. The molecule has 0 atom stereocenters. The van der Waals surface area contributed by atoms with Crippen LogP contribution in [-0.2, 0) is 6.54 Å². The maximum atomic E-state index is 5.64. The zero-order valence-corrected chi connectivity index (χ0v) is 9.21. The highest BCUT2D eigenvalue weighted by Crippen LogP contribution is 2.09. The van der Waals surface area contributed by atoms with Crippen LogP contribution >= 0.6 is 0 Å². The number of furan rings is 1. The number of nitrogens with two attached hydrogens (primary N) is 1. The van der Waals surface area contributed by atoms with Gasteiger partial charge in [-0.2, -0.15) is 0 Å². The van der Waals surface area contributed by atoms with Crippen LogP contribution in [0.25, 0.3) is 0 Å². The van der Waals surface area contributed by atoms with Crippen LogP contribution in [0.4, 0.5) is 0 Å². The van der Waals surface area contributed by atoms with Crippen molar-refractivity contribution in [3.05, 3.63) is 35.8 Å². The Hall–Kier alpha value is -1.71. The van der Waals surface area contributed by atoms with E-state index in [-0.39, 0.29) is 0 Å². The first-order valence-corrected chi connectivity index (χ1v) is 4.80. The van der Waals surface area contributed by atoms with Gasteiger partial charge in [-0.3, -0.25) is 0 Å². The SMILES string of the molecule is C=C(C)CNC(N)=NCc1occc1C. The second kappa shape index (κ2) is 5.24. The average Bonchev–Trinajstić information content (AvgIpc) is 2.58. The Bertz CT molecular complexity index is 366. The third-order valence-electron chi connectivity index (χ3n) is 1.93. The van der Waals surface area contributed by atoms with Crippen molar-refractivity contribution in [1.29, 1.82) is 0 Å². The van der Waals surface area contributed by atoms with Crippen LogP contribution < -0.4 is 11.1 Å². The molecule has 0 spiro atoms. The molecule has 0 aromatic carbocycles. The van der Waals surface area contributed by atoms with Gasteiger partial charge in [0.25, 0.3) is 0 Å². The lowest BCUT2D eigenvalue weighted by molar-refractivity contribution is 0.509. The van der Waals surface area contributed by atoms with Crippen molar-refractivity contribution >= 4 is 5.96 Å². The van der Waals surface area contributed by atoms with Crippen molar-refractivity contribution in [2.75, 3.05) is 6.54 Å². The summed E-state index contributed by atoms with van der Waals surface area (Å²) in [5.41, 5.74) is 7.75. The number of aryl methyl sites for hydroxylation is 1. The molecule has 0 unspecified atom stereocenters. The summed E-state index contributed by atoms with van der Waals surface area (Å²) in [4.78, 5) is 4.15. The van der Waals surface area contributed by atoms with Crippen molar-refractivity contribution in [2.24, 2.45) is 10.7 Å². The quantitative estimate of drug-likeness (QED) is 0.447. The second-order valence-corrected chi connectivity index (χ2v) is 3.54. The second-order valence-electron chi connectivity index (χ2n) is 3.54. The number of guanidine groups is 1. The predicted octanol–water partition coefficient (Wildman–Crippen LogP) is 1.57. The number of nitrogens with zero attached hydrogens (tertiary/aromatic N) is 1. The van der Waals surface area contributed by atoms with Gasteiger partial charge >= 0.3 is 0 Å². The summed E-state index contributed by atoms with van der Waals surface area (Å²) >= 11 is 0. The fraction of sp³-hybridized carbons (Fsp3) is 0.364. The monoisotopic (exact) mass is 207 g/mol. The van der Waals surface area contributed by atoms with Gasteiger partial charge in [-0.1, -0.05) is 12.2 Å². The Kier molecular flexibility index (Phi) is 3.97. The Labute approximate surface area is 89.9 Å². The lowest BCUT2D eigenvalue weighted by Gasteiger charge is -2.04. The summed E-state index contributed by atoms with van der Waals surface area (Å²) in [6.07, 6.45) is 1.65. The standard InChI is InChI=1S/C11H17N3O/c1-8(2)6-13-11(12)14-7-10-9(3)4-5-15-10/h4-5H,1,6-7H2,2-3H3,(H3,12,13,14). The molecule has 0 saturated heterocycles. The number of nitrogens with one attached hydrogen (secondary N) is 1. The molecule has 0 saturated carbocycles. The van der Waals surface area contributed by atoms with Gasteiger partial charge in [0.1, 0.15) is 12.3 Å². The highest BCUT2D eigenvalue weighted by atomic mass is 16.3. The molecule has 0 radical (unpaired) electrons. The van der Waals surface area contributed by atoms with E-state index in [1.807, 2.05) is 19.9 Å². The molecule has 1 rings (SSSR count). The highest BCUT2D eigenvalue weighted by Gasteiger charge is 2.00. The maximum absolute atomic E-state index is 5.64. The van der Waals surface area contributed by atoms with Crippen molar-refractivity contribution in [3.63, 3.8) is 0 Å². The van der Waals surface area contributed by atoms with Gasteiger partial charge < -0.3 is 15.5 Å². The van der Waals surface area contributed by atoms with Gasteiger partial charge in [0, 0.05) is 6.54 Å². The van der Waals surface area contributed by atoms with Crippen LogP contribution in [0.3, 0.4) is 0 Å². The largest absolute Gasteiger partial charge is 0.467 e. The summed E-state index contributed by atoms with van der Waals surface area (Å²) in [5, 5.41) is 2.95. The Morgan fingerprint density at radius 3 is 2.93 bits per heavy atom. The van der Waals surface area contributed by atoms with Crippen molar-refractivity contribution in [3.8, 4) is 0 Å². The topological polar surface area (TPSA) is 63.5 Å². The molecular formula is C11H17N3O. The fourth-order valence-electron chi connectivity index (χ4n) is 1.02. The normalized spacial score (nSPS) is 11.5. The van der Waals surface area contributed by atoms with Gasteiger partial charge in [-0.25, -0.2) is 4.99 Å². The summed E-state index contributed by atoms with van der Waals surface area (Å²) in [6.45, 7) is 8.78. The van der Waals surface area contributed by atoms with E-state index in [0.717, 1.165) is 16.9 Å². The molecule has 82 valence electrons. The van der Waals surface area contributed by atoms with Gasteiger partial charge in [-0.15, -0.1) is 0 Å². The van der Waals surface area contributed by atoms with E-state index in [9.17, 15) is 0 Å². The zero-order chi connectivity index (χ0) is 11.3. The Morgan fingerprint density at radius 2 is 2.40 bits per heavy atom. The molecule has 0 bridgehead atoms. The number of hydrogen-bond acceptors (Lipinski definition) is 2. The molecule has 0 fully saturated rings. The molecule has 0 aliphatic heterocycles. The molecule has 3 N–H and O–H groups in total. The molecule has 1 aromatic heterocycles. The number of rotatable bonds is 4. The minimum absolute atomic E-state index is 0.411. The molecule has 4 heteroatoms. The van der Waals surface area contributed by atoms with Crippen molar-refractivity contribution in [1.82, 2.24) is 5.32 Å². The minimum Gasteiger partial charge on any atom is -0.467 e. The van der Waals surface area contributed by atoms with Crippen LogP contribution in [0.1, 0.15) is 18.2 Å². The highest BCUT2D eigenvalue weighted by molar-refractivity contribution is 5.78. The zero-order valence-electron chi connectivity index (χ0n) is 9.21. The van der Waals surface area contributed by atoms with Crippen LogP contribution in [0, 0.1) is 6.92 Å². The van der Waals surface area contributed by atoms with E-state index in [0.29, 0.717) is 19.0 Å². The molecule has 15 heavy (non-hydrogen) atoms. The summed E-state index contributed by atoms with van der Waals surface area (Å²) in [6, 6.07) is 1.91. The number of aliphatic imine (C=N–C) groups is 1. The Balaban J connectivity index is 2.44. The number of hydrogen-bond donors (Lipinski definition) is 2. The first-order chi connectivity index (χ1) is 7.09. The van der Waals surface area contributed by atoms with Gasteiger partial charge in [0.15, 0.2) is 5.96 Å². The van der Waals surface area contributed by atoms with E-state index in [1.54, 1.807) is 6.26 Å². The smallest absolute Gasteiger partial charge is 0.189 e. The van der Waals surface area contributed by atoms with E-state index < -0.39 is 0 Å². The molecule has 4 nitrogen and oxygen atoms in total. The molecule has 0 aliphatic carbocycles. The molecular weight excluding hydrogens is 190 g/mol. The average molecular weight is 207 g/mol. The van der Waals surface area contributed by atoms with E-state index in [4.69, 9.17) is 10.2 Å². The van der Waals surface area contributed by atoms with Crippen LogP contribution in [0.15, 0.2) is 33.9 Å². The summed E-state index contributed by atoms with van der Waals surface area (Å²) in [5.74, 6) is 1.25. The third-order valence-corrected chi connectivity index (χ3v) is 1.93. The molecule has 0 amide bonds. The van der Waals surface area contributed by atoms with E-state index >= 15 is 0 Å². The lowest BCUT2D eigenvalue weighted by Crippen LogP contribution is -2.32. The summed E-state index contributed by atoms with van der Waals surface area (Å²) < 4.78 is 5.23. The third kappa shape index (κ3) is 3.89. The van der Waals surface area contributed by atoms with E-state index in [1.165, 1.54) is 0 Å². The summed E-state index contributed by atoms with van der Waals surface area (Å²) in [7, 11) is 0. The van der Waals surface area contributed by atoms with Crippen LogP contribution in [0.5, 0.6) is 0 Å². The van der Waals surface area contributed by atoms with Gasteiger partial charge in [0.05, 0.1) is 6.26 Å². The minimum atomic E-state index is 0.411. The maximum Gasteiger partial charge on any atom is 0.189 e. The van der Waals surface area contributed by atoms with Crippen LogP contribution in [-0.4, -0.2) is 12.5 Å². The van der Waals surface area contributed by atoms with Gasteiger partial charge in [-0.05, 0) is 25.5 Å². The van der Waals surface area contributed by atoms with E-state index in [2.05, 4.69) is 16.9 Å². The Morgan fingerprint density at radius 1 is 1.67 bits per heavy atom.